The molecular formula is C25H24Cl2F3N7O3. The number of aryl methyl sites for hydroxylation is 1. The summed E-state index contributed by atoms with van der Waals surface area (Å²) in [5, 5.41) is 15.4. The van der Waals surface area contributed by atoms with E-state index in [0.29, 0.717) is 27.8 Å². The maximum absolute atomic E-state index is 13.4. The van der Waals surface area contributed by atoms with Gasteiger partial charge in [0.05, 0.1) is 32.3 Å². The number of aromatic nitrogens is 5. The molecule has 10 nitrogen and oxygen atoms in total. The number of amides is 1. The molecule has 0 aliphatic heterocycles. The maximum atomic E-state index is 13.4. The van der Waals surface area contributed by atoms with E-state index in [1.165, 1.54) is 24.4 Å². The fraction of sp³-hybridized carbons (Fsp3) is 0.320. The van der Waals surface area contributed by atoms with Gasteiger partial charge in [0.2, 0.25) is 0 Å². The van der Waals surface area contributed by atoms with Crippen molar-refractivity contribution in [3.8, 4) is 5.82 Å². The second-order valence-corrected chi connectivity index (χ2v) is 10.2. The molecule has 1 aromatic carbocycles. The third kappa shape index (κ3) is 5.91. The van der Waals surface area contributed by atoms with Crippen LogP contribution in [0.5, 0.6) is 0 Å². The van der Waals surface area contributed by atoms with Crippen molar-refractivity contribution in [3.05, 3.63) is 63.3 Å². The molecule has 0 unspecified atom stereocenters. The first-order chi connectivity index (χ1) is 18.7. The number of alkyl halides is 3. The molecule has 1 amide bonds. The molecule has 3 heterocycles. The number of carbonyl (C=O) groups is 2. The lowest BCUT2D eigenvalue weighted by Gasteiger charge is -2.13. The van der Waals surface area contributed by atoms with Gasteiger partial charge in [-0.15, -0.1) is 0 Å². The summed E-state index contributed by atoms with van der Waals surface area (Å²) in [6, 6.07) is 4.94. The van der Waals surface area contributed by atoms with Crippen molar-refractivity contribution in [2.75, 3.05) is 5.32 Å². The Labute approximate surface area is 235 Å². The molecule has 40 heavy (non-hydrogen) atoms. The Morgan fingerprint density at radius 3 is 2.42 bits per heavy atom. The summed E-state index contributed by atoms with van der Waals surface area (Å²) < 4.78 is 42.7. The number of aromatic carboxylic acids is 1. The van der Waals surface area contributed by atoms with Crippen LogP contribution in [-0.4, -0.2) is 47.3 Å². The van der Waals surface area contributed by atoms with Crippen LogP contribution in [0.1, 0.15) is 65.0 Å². The van der Waals surface area contributed by atoms with E-state index in [9.17, 15) is 27.9 Å². The Bertz CT molecular complexity index is 1610. The molecule has 0 bridgehead atoms. The van der Waals surface area contributed by atoms with E-state index in [-0.39, 0.29) is 33.0 Å². The number of carbonyl (C=O) groups excluding carboxylic acids is 1. The molecule has 1 aliphatic carbocycles. The monoisotopic (exact) mass is 597 g/mol. The van der Waals surface area contributed by atoms with Gasteiger partial charge >= 0.3 is 12.1 Å². The summed E-state index contributed by atoms with van der Waals surface area (Å²) in [6.07, 6.45) is -1.74. The van der Waals surface area contributed by atoms with E-state index in [4.69, 9.17) is 28.9 Å². The van der Waals surface area contributed by atoms with Crippen molar-refractivity contribution in [1.29, 1.82) is 0 Å². The van der Waals surface area contributed by atoms with Gasteiger partial charge in [0.1, 0.15) is 11.5 Å². The number of imidazole rings is 1. The summed E-state index contributed by atoms with van der Waals surface area (Å²) in [6.45, 7) is 3.89. The number of fused-ring (bicyclic) bond motifs is 1. The van der Waals surface area contributed by atoms with Crippen LogP contribution in [0.3, 0.4) is 0 Å². The molecule has 5 rings (SSSR count). The predicted octanol–water partition coefficient (Wildman–Crippen LogP) is 5.66. The van der Waals surface area contributed by atoms with Gasteiger partial charge in [-0.25, -0.2) is 19.4 Å². The maximum Gasteiger partial charge on any atom is 0.435 e. The lowest BCUT2D eigenvalue weighted by Crippen LogP contribution is -2.20. The van der Waals surface area contributed by atoms with E-state index in [1.807, 2.05) is 13.8 Å². The fourth-order valence-corrected chi connectivity index (χ4v) is 4.47. The van der Waals surface area contributed by atoms with Crippen LogP contribution in [-0.2, 0) is 13.2 Å². The van der Waals surface area contributed by atoms with Crippen LogP contribution in [0.2, 0.25) is 10.0 Å². The quantitative estimate of drug-likeness (QED) is 0.269. The number of carboxylic acid groups (broad SMARTS) is 1. The normalized spacial score (nSPS) is 13.3. The molecule has 4 aromatic rings. The minimum absolute atomic E-state index is 0.0588. The molecular weight excluding hydrogens is 574 g/mol. The first-order valence-corrected chi connectivity index (χ1v) is 12.7. The summed E-state index contributed by atoms with van der Waals surface area (Å²) in [7, 11) is 1.72. The molecule has 0 radical (unpaired) electrons. The zero-order valence-corrected chi connectivity index (χ0v) is 22.9. The van der Waals surface area contributed by atoms with E-state index in [2.05, 4.69) is 20.4 Å². The first-order valence-electron chi connectivity index (χ1n) is 12.0. The highest BCUT2D eigenvalue weighted by atomic mass is 35.5. The largest absolute Gasteiger partial charge is 0.478 e. The number of pyridine rings is 1. The average Bonchev–Trinajstić information content (AvgIpc) is 3.49. The third-order valence-corrected chi connectivity index (χ3v) is 6.38. The van der Waals surface area contributed by atoms with Gasteiger partial charge < -0.3 is 20.7 Å². The Kier molecular flexibility index (Phi) is 8.11. The lowest BCUT2D eigenvalue weighted by atomic mass is 10.1. The Hall–Kier alpha value is -3.68. The third-order valence-electron chi connectivity index (χ3n) is 5.72. The number of halogens is 5. The lowest BCUT2D eigenvalue weighted by molar-refractivity contribution is -0.141. The van der Waals surface area contributed by atoms with E-state index in [0.717, 1.165) is 18.7 Å². The summed E-state index contributed by atoms with van der Waals surface area (Å²) in [4.78, 5) is 33.7. The second-order valence-electron chi connectivity index (χ2n) is 9.42. The Morgan fingerprint density at radius 1 is 1.23 bits per heavy atom. The highest BCUT2D eigenvalue weighted by molar-refractivity contribution is 6.39. The van der Waals surface area contributed by atoms with Gasteiger partial charge in [-0.1, -0.05) is 37.0 Å². The molecule has 1 fully saturated rings. The number of nitrogens with zero attached hydrogens (tertiary/aromatic N) is 5. The van der Waals surface area contributed by atoms with Crippen LogP contribution < -0.4 is 11.1 Å². The zero-order valence-electron chi connectivity index (χ0n) is 21.4. The van der Waals surface area contributed by atoms with Crippen LogP contribution in [0.25, 0.3) is 16.9 Å². The van der Waals surface area contributed by atoms with E-state index in [1.54, 1.807) is 11.6 Å². The molecule has 0 spiro atoms. The molecule has 4 N–H and O–H groups in total. The van der Waals surface area contributed by atoms with Gasteiger partial charge in [-0.2, -0.15) is 18.3 Å². The Morgan fingerprint density at radius 2 is 1.88 bits per heavy atom. The average molecular weight is 598 g/mol. The van der Waals surface area contributed by atoms with Crippen molar-refractivity contribution < 1.29 is 27.9 Å². The van der Waals surface area contributed by atoms with Gasteiger partial charge in [0, 0.05) is 25.2 Å². The van der Waals surface area contributed by atoms with Gasteiger partial charge in [-0.05, 0) is 37.1 Å². The smallest absolute Gasteiger partial charge is 0.435 e. The highest BCUT2D eigenvalue weighted by Gasteiger charge is 2.37. The SMILES string of the molecule is CC(C)N.Cn1c(C2CC2)nc2cc(C(=O)O)c(NC(=O)c3cc(C(F)(F)F)nn3-c3ncccc3Cl)c(Cl)c21. The van der Waals surface area contributed by atoms with Crippen LogP contribution in [0.4, 0.5) is 18.9 Å². The molecule has 3 aromatic heterocycles. The van der Waals surface area contributed by atoms with E-state index >= 15 is 0 Å². The molecule has 212 valence electrons. The van der Waals surface area contributed by atoms with Crippen molar-refractivity contribution in [1.82, 2.24) is 24.3 Å². The summed E-state index contributed by atoms with van der Waals surface area (Å²) in [5.41, 5.74) is 3.20. The van der Waals surface area contributed by atoms with Crippen LogP contribution in [0, 0.1) is 0 Å². The van der Waals surface area contributed by atoms with Crippen molar-refractivity contribution in [2.45, 2.75) is 44.8 Å². The second kappa shape index (κ2) is 11.1. The Balaban J connectivity index is 0.000000867. The van der Waals surface area contributed by atoms with Crippen molar-refractivity contribution in [2.24, 2.45) is 12.8 Å². The van der Waals surface area contributed by atoms with Crippen molar-refractivity contribution in [3.63, 3.8) is 0 Å². The minimum Gasteiger partial charge on any atom is -0.478 e. The molecule has 1 aliphatic rings. The molecule has 0 saturated heterocycles. The zero-order chi connectivity index (χ0) is 29.5. The number of hydrogen-bond donors (Lipinski definition) is 3. The van der Waals surface area contributed by atoms with Crippen LogP contribution in [0.15, 0.2) is 30.5 Å². The molecule has 0 atom stereocenters. The van der Waals surface area contributed by atoms with E-state index < -0.39 is 29.4 Å². The number of nitrogens with one attached hydrogen (secondary N) is 1. The predicted molar refractivity (Wildman–Crippen MR) is 143 cm³/mol. The van der Waals surface area contributed by atoms with Gasteiger partial charge in [0.25, 0.3) is 5.91 Å². The standard InChI is InChI=1S/C22H15Cl2F3N6O3.C3H9N/c1-32-17-12(29-18(32)9-4-5-9)7-10(21(35)36)16(15(17)24)30-20(34)13-8-14(22(25,26)27)31-33(13)19-11(23)3-2-6-28-19;1-3(2)4/h2-3,6-9H,4-5H2,1H3,(H,30,34)(H,35,36);3H,4H2,1-2H3. The fourth-order valence-electron chi connectivity index (χ4n) is 3.89. The number of anilines is 1. The highest BCUT2D eigenvalue weighted by Crippen LogP contribution is 2.43. The number of carboxylic acids is 1. The topological polar surface area (TPSA) is 141 Å². The van der Waals surface area contributed by atoms with Crippen LogP contribution >= 0.6 is 23.2 Å². The number of hydrogen-bond acceptors (Lipinski definition) is 6. The minimum atomic E-state index is -4.88. The van der Waals surface area contributed by atoms with Gasteiger partial charge in [0.15, 0.2) is 11.5 Å². The molecule has 15 heteroatoms. The first kappa shape index (κ1) is 29.3. The van der Waals surface area contributed by atoms with Crippen molar-refractivity contribution >= 4 is 51.8 Å². The number of nitrogens with two attached hydrogens (primary N) is 1. The van der Waals surface area contributed by atoms with Gasteiger partial charge in [-0.3, -0.25) is 4.79 Å². The molecule has 1 saturated carbocycles. The number of rotatable bonds is 5. The number of benzene rings is 1. The summed E-state index contributed by atoms with van der Waals surface area (Å²) in [5.74, 6) is -1.79. The summed E-state index contributed by atoms with van der Waals surface area (Å²) >= 11 is 12.6.